The van der Waals surface area contributed by atoms with Gasteiger partial charge in [0.15, 0.2) is 0 Å². The van der Waals surface area contributed by atoms with Crippen molar-refractivity contribution in [3.63, 3.8) is 0 Å². The highest BCUT2D eigenvalue weighted by Crippen LogP contribution is 2.41. The molecule has 17 heavy (non-hydrogen) atoms. The van der Waals surface area contributed by atoms with Gasteiger partial charge in [0, 0.05) is 18.2 Å². The summed E-state index contributed by atoms with van der Waals surface area (Å²) in [4.78, 5) is 0. The van der Waals surface area contributed by atoms with E-state index in [0.29, 0.717) is 5.70 Å². The summed E-state index contributed by atoms with van der Waals surface area (Å²) in [5, 5.41) is 0. The zero-order valence-corrected chi connectivity index (χ0v) is 10.5. The van der Waals surface area contributed by atoms with Crippen LogP contribution in [-0.4, -0.2) is 13.7 Å². The molecule has 0 aromatic heterocycles. The van der Waals surface area contributed by atoms with E-state index >= 15 is 0 Å². The van der Waals surface area contributed by atoms with E-state index in [1.807, 2.05) is 0 Å². The van der Waals surface area contributed by atoms with E-state index < -0.39 is 0 Å². The molecule has 1 aliphatic rings. The Hall–Kier alpha value is -1.28. The third-order valence-electron chi connectivity index (χ3n) is 3.85. The van der Waals surface area contributed by atoms with Gasteiger partial charge in [0.1, 0.15) is 0 Å². The number of methoxy groups -OCH3 is 1. The first-order valence-corrected chi connectivity index (χ1v) is 6.22. The number of hydrogen-bond donors (Lipinski definition) is 1. The minimum Gasteiger partial charge on any atom is -0.399 e. The molecular formula is C15H21NO. The summed E-state index contributed by atoms with van der Waals surface area (Å²) < 4.78 is 5.42. The lowest BCUT2D eigenvalue weighted by molar-refractivity contribution is 0.131. The molecule has 0 heterocycles. The van der Waals surface area contributed by atoms with Gasteiger partial charge in [-0.25, -0.2) is 0 Å². The highest BCUT2D eigenvalue weighted by molar-refractivity contribution is 5.60. The van der Waals surface area contributed by atoms with Gasteiger partial charge in [0.25, 0.3) is 0 Å². The van der Waals surface area contributed by atoms with Crippen LogP contribution in [0, 0.1) is 0 Å². The van der Waals surface area contributed by atoms with E-state index in [4.69, 9.17) is 10.5 Å². The van der Waals surface area contributed by atoms with Crippen molar-refractivity contribution in [3.8, 4) is 0 Å². The van der Waals surface area contributed by atoms with Gasteiger partial charge >= 0.3 is 0 Å². The molecule has 0 amide bonds. The quantitative estimate of drug-likeness (QED) is 0.864. The summed E-state index contributed by atoms with van der Waals surface area (Å²) in [7, 11) is 1.79. The van der Waals surface area contributed by atoms with Gasteiger partial charge in [-0.15, -0.1) is 0 Å². The Labute approximate surface area is 103 Å². The van der Waals surface area contributed by atoms with Gasteiger partial charge in [-0.3, -0.25) is 0 Å². The van der Waals surface area contributed by atoms with Crippen LogP contribution < -0.4 is 5.73 Å². The predicted octanol–water partition coefficient (Wildman–Crippen LogP) is 3.07. The highest BCUT2D eigenvalue weighted by Gasteiger charge is 2.35. The first-order valence-electron chi connectivity index (χ1n) is 6.22. The standard InChI is InChI=1S/C15H21NO/c1-12(16)13-5-7-14(8-6-13)15(11-17-2)9-3-4-10-15/h5-8H,1,3-4,9-11,16H2,2H3. The topological polar surface area (TPSA) is 35.2 Å². The summed E-state index contributed by atoms with van der Waals surface area (Å²) in [6, 6.07) is 8.48. The van der Waals surface area contributed by atoms with Crippen molar-refractivity contribution >= 4 is 5.70 Å². The van der Waals surface area contributed by atoms with Crippen molar-refractivity contribution < 1.29 is 4.74 Å². The molecule has 0 spiro atoms. The van der Waals surface area contributed by atoms with Crippen LogP contribution in [0.4, 0.5) is 0 Å². The molecule has 1 aromatic carbocycles. The Kier molecular flexibility index (Phi) is 3.53. The lowest BCUT2D eigenvalue weighted by atomic mass is 9.79. The summed E-state index contributed by atoms with van der Waals surface area (Å²) >= 11 is 0. The van der Waals surface area contributed by atoms with Crippen LogP contribution in [0.15, 0.2) is 30.8 Å². The summed E-state index contributed by atoms with van der Waals surface area (Å²) in [5.41, 5.74) is 8.93. The SMILES string of the molecule is C=C(N)c1ccc(C2(COC)CCCC2)cc1. The normalized spacial score (nSPS) is 18.2. The predicted molar refractivity (Wildman–Crippen MR) is 71.7 cm³/mol. The summed E-state index contributed by atoms with van der Waals surface area (Å²) in [6.07, 6.45) is 5.05. The second-order valence-electron chi connectivity index (χ2n) is 5.02. The molecule has 2 heteroatoms. The fraction of sp³-hybridized carbons (Fsp3) is 0.467. The Morgan fingerprint density at radius 2 is 1.88 bits per heavy atom. The van der Waals surface area contributed by atoms with Gasteiger partial charge < -0.3 is 10.5 Å². The van der Waals surface area contributed by atoms with Crippen LogP contribution >= 0.6 is 0 Å². The van der Waals surface area contributed by atoms with E-state index in [1.54, 1.807) is 7.11 Å². The summed E-state index contributed by atoms with van der Waals surface area (Å²) in [6.45, 7) is 4.57. The van der Waals surface area contributed by atoms with Gasteiger partial charge in [0.05, 0.1) is 6.61 Å². The Morgan fingerprint density at radius 3 is 2.35 bits per heavy atom. The number of rotatable bonds is 4. The molecule has 2 rings (SSSR count). The van der Waals surface area contributed by atoms with Crippen LogP contribution in [0.25, 0.3) is 5.70 Å². The van der Waals surface area contributed by atoms with Crippen LogP contribution in [0.5, 0.6) is 0 Å². The number of benzene rings is 1. The molecule has 1 aliphatic carbocycles. The van der Waals surface area contributed by atoms with Crippen molar-refractivity contribution in [1.82, 2.24) is 0 Å². The van der Waals surface area contributed by atoms with Crippen molar-refractivity contribution in [2.24, 2.45) is 5.73 Å². The lowest BCUT2D eigenvalue weighted by Gasteiger charge is -2.29. The first kappa shape index (κ1) is 12.2. The molecule has 1 fully saturated rings. The number of nitrogens with two attached hydrogens (primary N) is 1. The monoisotopic (exact) mass is 231 g/mol. The molecule has 2 N–H and O–H groups in total. The number of hydrogen-bond acceptors (Lipinski definition) is 2. The zero-order valence-electron chi connectivity index (χ0n) is 10.5. The van der Waals surface area contributed by atoms with E-state index in [2.05, 4.69) is 30.8 Å². The Bertz CT molecular complexity index is 388. The second-order valence-corrected chi connectivity index (χ2v) is 5.02. The average molecular weight is 231 g/mol. The molecule has 0 radical (unpaired) electrons. The first-order chi connectivity index (χ1) is 8.18. The van der Waals surface area contributed by atoms with Crippen LogP contribution in [0.1, 0.15) is 36.8 Å². The highest BCUT2D eigenvalue weighted by atomic mass is 16.5. The molecule has 0 saturated heterocycles. The van der Waals surface area contributed by atoms with Crippen molar-refractivity contribution in [3.05, 3.63) is 42.0 Å². The minimum atomic E-state index is 0.225. The molecule has 1 saturated carbocycles. The third-order valence-corrected chi connectivity index (χ3v) is 3.85. The smallest absolute Gasteiger partial charge is 0.0559 e. The van der Waals surface area contributed by atoms with E-state index in [0.717, 1.165) is 12.2 Å². The molecule has 0 unspecified atom stereocenters. The van der Waals surface area contributed by atoms with Crippen molar-refractivity contribution in [2.75, 3.05) is 13.7 Å². The Morgan fingerprint density at radius 1 is 1.29 bits per heavy atom. The van der Waals surface area contributed by atoms with Gasteiger partial charge in [-0.1, -0.05) is 43.7 Å². The minimum absolute atomic E-state index is 0.225. The summed E-state index contributed by atoms with van der Waals surface area (Å²) in [5.74, 6) is 0. The lowest BCUT2D eigenvalue weighted by Crippen LogP contribution is -2.27. The molecule has 0 bridgehead atoms. The Balaban J connectivity index is 2.27. The van der Waals surface area contributed by atoms with Crippen molar-refractivity contribution in [2.45, 2.75) is 31.1 Å². The largest absolute Gasteiger partial charge is 0.399 e. The molecule has 92 valence electrons. The maximum Gasteiger partial charge on any atom is 0.0559 e. The van der Waals surface area contributed by atoms with Gasteiger partial charge in [-0.05, 0) is 24.0 Å². The van der Waals surface area contributed by atoms with Gasteiger partial charge in [0.2, 0.25) is 0 Å². The second kappa shape index (κ2) is 4.92. The van der Waals surface area contributed by atoms with Crippen LogP contribution in [-0.2, 0) is 10.2 Å². The maximum atomic E-state index is 5.69. The van der Waals surface area contributed by atoms with E-state index in [-0.39, 0.29) is 5.41 Å². The molecule has 2 nitrogen and oxygen atoms in total. The van der Waals surface area contributed by atoms with Crippen molar-refractivity contribution in [1.29, 1.82) is 0 Å². The van der Waals surface area contributed by atoms with E-state index in [9.17, 15) is 0 Å². The molecular weight excluding hydrogens is 210 g/mol. The third kappa shape index (κ3) is 2.37. The molecule has 1 aromatic rings. The zero-order chi connectivity index (χ0) is 12.3. The molecule has 0 atom stereocenters. The number of ether oxygens (including phenoxy) is 1. The molecule has 0 aliphatic heterocycles. The fourth-order valence-corrected chi connectivity index (χ4v) is 2.88. The van der Waals surface area contributed by atoms with Gasteiger partial charge in [-0.2, -0.15) is 0 Å². The maximum absolute atomic E-state index is 5.69. The van der Waals surface area contributed by atoms with Crippen LogP contribution in [0.3, 0.4) is 0 Å². The fourth-order valence-electron chi connectivity index (χ4n) is 2.88. The van der Waals surface area contributed by atoms with Crippen LogP contribution in [0.2, 0.25) is 0 Å². The average Bonchev–Trinajstić information content (AvgIpc) is 2.79. The van der Waals surface area contributed by atoms with E-state index in [1.165, 1.54) is 31.2 Å².